The molecule has 7 heteroatoms. The van der Waals surface area contributed by atoms with Gasteiger partial charge in [-0.2, -0.15) is 0 Å². The van der Waals surface area contributed by atoms with Crippen LogP contribution in [-0.4, -0.2) is 46.1 Å². The number of sulfonamides is 1. The van der Waals surface area contributed by atoms with Gasteiger partial charge in [-0.3, -0.25) is 4.31 Å². The Labute approximate surface area is 147 Å². The summed E-state index contributed by atoms with van der Waals surface area (Å²) < 4.78 is 27.4. The topological polar surface area (TPSA) is 60.9 Å². The maximum Gasteiger partial charge on any atom is 0.273 e. The second-order valence-electron chi connectivity index (χ2n) is 6.38. The summed E-state index contributed by atoms with van der Waals surface area (Å²) in [6.45, 7) is 0.826. The average molecular weight is 367 g/mol. The van der Waals surface area contributed by atoms with Crippen molar-refractivity contribution >= 4 is 27.0 Å². The van der Waals surface area contributed by atoms with Crippen LogP contribution < -0.4 is 4.31 Å². The number of aliphatic hydroxyl groups is 1. The van der Waals surface area contributed by atoms with Crippen molar-refractivity contribution < 1.29 is 13.5 Å². The molecule has 3 rings (SSSR count). The third-order valence-electron chi connectivity index (χ3n) is 4.50. The number of para-hydroxylation sites is 1. The Kier molecular flexibility index (Phi) is 4.46. The number of benzene rings is 1. The summed E-state index contributed by atoms with van der Waals surface area (Å²) in [4.78, 5) is 2.06. The van der Waals surface area contributed by atoms with Gasteiger partial charge in [-0.15, -0.1) is 11.3 Å². The van der Waals surface area contributed by atoms with Crippen LogP contribution in [0.1, 0.15) is 24.0 Å². The van der Waals surface area contributed by atoms with Crippen molar-refractivity contribution in [3.63, 3.8) is 0 Å². The SMILES string of the molecule is CN(C)CCCC1(O)c2ccccc2N(C)S(=O)(=O)c2sccc21. The lowest BCUT2D eigenvalue weighted by Gasteiger charge is -2.30. The average Bonchev–Trinajstić information content (AvgIpc) is 3.03. The van der Waals surface area contributed by atoms with Crippen molar-refractivity contribution in [2.45, 2.75) is 22.7 Å². The smallest absolute Gasteiger partial charge is 0.273 e. The Morgan fingerprint density at radius 1 is 1.21 bits per heavy atom. The fourth-order valence-corrected chi connectivity index (χ4v) is 6.08. The van der Waals surface area contributed by atoms with Gasteiger partial charge in [-0.05, 0) is 51.0 Å². The largest absolute Gasteiger partial charge is 0.380 e. The molecule has 0 amide bonds. The molecule has 1 N–H and O–H groups in total. The lowest BCUT2D eigenvalue weighted by atomic mass is 9.83. The molecule has 130 valence electrons. The van der Waals surface area contributed by atoms with E-state index in [4.69, 9.17) is 0 Å². The van der Waals surface area contributed by atoms with Gasteiger partial charge in [0.2, 0.25) is 0 Å². The van der Waals surface area contributed by atoms with E-state index in [0.29, 0.717) is 23.2 Å². The predicted molar refractivity (Wildman–Crippen MR) is 97.1 cm³/mol. The molecule has 0 saturated carbocycles. The third-order valence-corrected chi connectivity index (χ3v) is 7.74. The molecule has 0 fully saturated rings. The van der Waals surface area contributed by atoms with Crippen molar-refractivity contribution in [3.05, 3.63) is 46.8 Å². The molecule has 5 nitrogen and oxygen atoms in total. The molecule has 0 radical (unpaired) electrons. The van der Waals surface area contributed by atoms with Crippen LogP contribution in [0.5, 0.6) is 0 Å². The quantitative estimate of drug-likeness (QED) is 0.903. The lowest BCUT2D eigenvalue weighted by molar-refractivity contribution is 0.0654. The zero-order chi connectivity index (χ0) is 17.5. The van der Waals surface area contributed by atoms with Gasteiger partial charge in [0.1, 0.15) is 9.81 Å². The van der Waals surface area contributed by atoms with E-state index in [1.54, 1.807) is 30.6 Å². The lowest BCUT2D eigenvalue weighted by Crippen LogP contribution is -2.29. The number of anilines is 1. The first-order valence-corrected chi connectivity index (χ1v) is 10.1. The van der Waals surface area contributed by atoms with Crippen molar-refractivity contribution in [3.8, 4) is 0 Å². The van der Waals surface area contributed by atoms with Crippen molar-refractivity contribution in [1.82, 2.24) is 4.90 Å². The second-order valence-corrected chi connectivity index (χ2v) is 9.46. The predicted octanol–water partition coefficient (Wildman–Crippen LogP) is 2.46. The first-order valence-electron chi connectivity index (χ1n) is 7.82. The molecular formula is C17H22N2O3S2. The second kappa shape index (κ2) is 6.15. The number of rotatable bonds is 4. The third kappa shape index (κ3) is 2.65. The van der Waals surface area contributed by atoms with Crippen LogP contribution in [0.15, 0.2) is 39.9 Å². The van der Waals surface area contributed by atoms with Gasteiger partial charge in [0.25, 0.3) is 10.0 Å². The summed E-state index contributed by atoms with van der Waals surface area (Å²) in [6.07, 6.45) is 1.23. The number of thiophene rings is 1. The van der Waals surface area contributed by atoms with Gasteiger partial charge >= 0.3 is 0 Å². The maximum absolute atomic E-state index is 12.9. The normalized spacial score (nSPS) is 22.1. The molecule has 1 unspecified atom stereocenters. The zero-order valence-corrected chi connectivity index (χ0v) is 15.7. The maximum atomic E-state index is 12.9. The summed E-state index contributed by atoms with van der Waals surface area (Å²) in [5, 5.41) is 13.3. The summed E-state index contributed by atoms with van der Waals surface area (Å²) in [6, 6.07) is 8.95. The van der Waals surface area contributed by atoms with E-state index in [2.05, 4.69) is 4.90 Å². The van der Waals surface area contributed by atoms with Crippen molar-refractivity contribution in [2.24, 2.45) is 0 Å². The fourth-order valence-electron chi connectivity index (χ4n) is 3.22. The summed E-state index contributed by atoms with van der Waals surface area (Å²) in [5.74, 6) is 0. The molecule has 1 aromatic carbocycles. The molecule has 1 aliphatic heterocycles. The summed E-state index contributed by atoms with van der Waals surface area (Å²) in [5.41, 5.74) is 0.364. The minimum atomic E-state index is -3.66. The van der Waals surface area contributed by atoms with Crippen molar-refractivity contribution in [2.75, 3.05) is 32.0 Å². The Morgan fingerprint density at radius 3 is 2.62 bits per heavy atom. The van der Waals surface area contributed by atoms with E-state index < -0.39 is 15.6 Å². The molecule has 1 aromatic heterocycles. The van der Waals surface area contributed by atoms with Gasteiger partial charge in [0.05, 0.1) is 5.69 Å². The van der Waals surface area contributed by atoms with Gasteiger partial charge in [-0.25, -0.2) is 8.42 Å². The molecule has 0 saturated heterocycles. The van der Waals surface area contributed by atoms with E-state index >= 15 is 0 Å². The van der Waals surface area contributed by atoms with Gasteiger partial charge in [0, 0.05) is 18.2 Å². The van der Waals surface area contributed by atoms with Crippen LogP contribution >= 0.6 is 11.3 Å². The molecule has 0 spiro atoms. The van der Waals surface area contributed by atoms with Crippen LogP contribution in [0.25, 0.3) is 0 Å². The molecule has 2 aromatic rings. The molecule has 2 heterocycles. The number of hydrogen-bond acceptors (Lipinski definition) is 5. The van der Waals surface area contributed by atoms with Crippen LogP contribution in [0.4, 0.5) is 5.69 Å². The Balaban J connectivity index is 2.21. The van der Waals surface area contributed by atoms with Gasteiger partial charge in [0.15, 0.2) is 0 Å². The molecule has 0 bridgehead atoms. The Bertz CT molecular complexity index is 845. The molecular weight excluding hydrogens is 344 g/mol. The first-order chi connectivity index (χ1) is 11.3. The van der Waals surface area contributed by atoms with Gasteiger partial charge in [-0.1, -0.05) is 18.2 Å². The molecule has 24 heavy (non-hydrogen) atoms. The number of nitrogens with zero attached hydrogens (tertiary/aromatic N) is 2. The van der Waals surface area contributed by atoms with E-state index in [0.717, 1.165) is 24.3 Å². The first kappa shape index (κ1) is 17.4. The molecule has 1 atom stereocenters. The van der Waals surface area contributed by atoms with Crippen LogP contribution in [0, 0.1) is 0 Å². The number of fused-ring (bicyclic) bond motifs is 2. The fraction of sp³-hybridized carbons (Fsp3) is 0.412. The van der Waals surface area contributed by atoms with E-state index in [1.807, 2.05) is 26.2 Å². The summed E-state index contributed by atoms with van der Waals surface area (Å²) >= 11 is 1.16. The standard InChI is InChI=1S/C17H22N2O3S2/c1-18(2)11-6-10-17(20)13-7-4-5-8-15(13)19(3)24(21,22)16-14(17)9-12-23-16/h4-5,7-9,12,20H,6,10-11H2,1-3H3. The Morgan fingerprint density at radius 2 is 1.92 bits per heavy atom. The van der Waals surface area contributed by atoms with Crippen LogP contribution in [0.3, 0.4) is 0 Å². The van der Waals surface area contributed by atoms with Crippen LogP contribution in [-0.2, 0) is 15.6 Å². The van der Waals surface area contributed by atoms with E-state index in [-0.39, 0.29) is 4.21 Å². The number of hydrogen-bond donors (Lipinski definition) is 1. The van der Waals surface area contributed by atoms with E-state index in [1.165, 1.54) is 4.31 Å². The molecule has 0 aliphatic carbocycles. The Hall–Kier alpha value is -1.41. The highest BCUT2D eigenvalue weighted by molar-refractivity contribution is 7.94. The highest BCUT2D eigenvalue weighted by Crippen LogP contribution is 2.47. The zero-order valence-electron chi connectivity index (χ0n) is 14.1. The minimum absolute atomic E-state index is 0.230. The highest BCUT2D eigenvalue weighted by Gasteiger charge is 2.44. The highest BCUT2D eigenvalue weighted by atomic mass is 32.2. The van der Waals surface area contributed by atoms with Crippen molar-refractivity contribution in [1.29, 1.82) is 0 Å². The van der Waals surface area contributed by atoms with Gasteiger partial charge < -0.3 is 10.0 Å². The molecule has 1 aliphatic rings. The minimum Gasteiger partial charge on any atom is -0.380 e. The van der Waals surface area contributed by atoms with Crippen LogP contribution in [0.2, 0.25) is 0 Å². The summed E-state index contributed by atoms with van der Waals surface area (Å²) in [7, 11) is 1.86. The van der Waals surface area contributed by atoms with E-state index in [9.17, 15) is 13.5 Å². The monoisotopic (exact) mass is 366 g/mol.